The Bertz CT molecular complexity index is 887. The number of benzene rings is 2. The Balaban J connectivity index is 1.94. The molecule has 0 fully saturated rings. The van der Waals surface area contributed by atoms with Crippen molar-refractivity contribution in [1.82, 2.24) is 0 Å². The average Bonchev–Trinajstić information content (AvgIpc) is 2.66. The maximum absolute atomic E-state index is 12.5. The van der Waals surface area contributed by atoms with Crippen molar-refractivity contribution in [3.8, 4) is 0 Å². The molecule has 0 aliphatic carbocycles. The van der Waals surface area contributed by atoms with Gasteiger partial charge in [-0.15, -0.1) is 0 Å². The highest BCUT2D eigenvalue weighted by atomic mass is 19.4. The summed E-state index contributed by atoms with van der Waals surface area (Å²) in [6.45, 7) is 5.44. The molecule has 0 aliphatic heterocycles. The molecule has 0 saturated heterocycles. The number of rotatable bonds is 6. The number of esters is 1. The van der Waals surface area contributed by atoms with E-state index in [-0.39, 0.29) is 5.92 Å². The molecule has 0 unspecified atom stereocenters. The van der Waals surface area contributed by atoms with Crippen LogP contribution in [0.25, 0.3) is 6.08 Å². The van der Waals surface area contributed by atoms with Crippen LogP contribution in [0, 0.1) is 0 Å². The molecule has 7 heteroatoms. The molecular formula is C22H22F3NO3. The molecule has 1 N–H and O–H groups in total. The smallest absolute Gasteiger partial charge is 0.416 e. The molecule has 0 heterocycles. The highest BCUT2D eigenvalue weighted by molar-refractivity contribution is 5.97. The number of halogens is 3. The topological polar surface area (TPSA) is 55.4 Å². The zero-order valence-corrected chi connectivity index (χ0v) is 16.3. The number of carbonyl (C=O) groups is 2. The van der Waals surface area contributed by atoms with Gasteiger partial charge in [0.15, 0.2) is 6.10 Å². The number of para-hydroxylation sites is 1. The molecule has 2 aromatic carbocycles. The van der Waals surface area contributed by atoms with Crippen molar-refractivity contribution in [2.45, 2.75) is 39.0 Å². The lowest BCUT2D eigenvalue weighted by molar-refractivity contribution is -0.148. The van der Waals surface area contributed by atoms with E-state index in [0.29, 0.717) is 11.3 Å². The summed E-state index contributed by atoms with van der Waals surface area (Å²) in [4.78, 5) is 24.2. The summed E-state index contributed by atoms with van der Waals surface area (Å²) in [7, 11) is 0. The molecule has 1 atom stereocenters. The molecular weight excluding hydrogens is 383 g/mol. The zero-order valence-electron chi connectivity index (χ0n) is 16.3. The SMILES string of the molecule is CC(C)c1ccccc1NC(=O)[C@@H](C)OC(=O)/C=C/c1ccc(C(F)(F)F)cc1. The van der Waals surface area contributed by atoms with Crippen LogP contribution in [0.2, 0.25) is 0 Å². The van der Waals surface area contributed by atoms with Crippen LogP contribution in [0.4, 0.5) is 18.9 Å². The van der Waals surface area contributed by atoms with Crippen molar-refractivity contribution in [1.29, 1.82) is 0 Å². The average molecular weight is 405 g/mol. The molecule has 0 aromatic heterocycles. The molecule has 4 nitrogen and oxygen atoms in total. The number of hydrogen-bond donors (Lipinski definition) is 1. The minimum absolute atomic E-state index is 0.205. The van der Waals surface area contributed by atoms with Crippen LogP contribution in [0.15, 0.2) is 54.6 Å². The number of nitrogens with one attached hydrogen (secondary N) is 1. The van der Waals surface area contributed by atoms with E-state index >= 15 is 0 Å². The van der Waals surface area contributed by atoms with Gasteiger partial charge in [0.2, 0.25) is 0 Å². The second kappa shape index (κ2) is 9.41. The number of hydrogen-bond acceptors (Lipinski definition) is 3. The quantitative estimate of drug-likeness (QED) is 0.516. The number of amides is 1. The lowest BCUT2D eigenvalue weighted by Crippen LogP contribution is -2.29. The second-order valence-corrected chi connectivity index (χ2v) is 6.76. The lowest BCUT2D eigenvalue weighted by atomic mass is 10.0. The molecule has 0 aliphatic rings. The van der Waals surface area contributed by atoms with Crippen LogP contribution < -0.4 is 5.32 Å². The van der Waals surface area contributed by atoms with E-state index in [1.54, 1.807) is 12.1 Å². The Morgan fingerprint density at radius 1 is 1.00 bits per heavy atom. The van der Waals surface area contributed by atoms with Gasteiger partial charge in [0.1, 0.15) is 0 Å². The zero-order chi connectivity index (χ0) is 21.6. The summed E-state index contributed by atoms with van der Waals surface area (Å²) in [5.41, 5.74) is 1.24. The summed E-state index contributed by atoms with van der Waals surface area (Å²) in [6.07, 6.45) is -3.08. The van der Waals surface area contributed by atoms with E-state index in [1.165, 1.54) is 25.1 Å². The molecule has 1 amide bonds. The Kier molecular flexibility index (Phi) is 7.20. The van der Waals surface area contributed by atoms with Gasteiger partial charge in [0.25, 0.3) is 5.91 Å². The fourth-order valence-electron chi connectivity index (χ4n) is 2.56. The van der Waals surface area contributed by atoms with Gasteiger partial charge in [0, 0.05) is 11.8 Å². The molecule has 2 aromatic rings. The summed E-state index contributed by atoms with van der Waals surface area (Å²) in [6, 6.07) is 11.7. The molecule has 2 rings (SSSR count). The first-order valence-corrected chi connectivity index (χ1v) is 9.03. The molecule has 0 bridgehead atoms. The first kappa shape index (κ1) is 22.2. The Labute approximate surface area is 167 Å². The van der Waals surface area contributed by atoms with E-state index in [4.69, 9.17) is 4.74 Å². The van der Waals surface area contributed by atoms with E-state index < -0.39 is 29.7 Å². The Hall–Kier alpha value is -3.09. The predicted molar refractivity (Wildman–Crippen MR) is 105 cm³/mol. The molecule has 0 saturated carbocycles. The third kappa shape index (κ3) is 6.48. The van der Waals surface area contributed by atoms with E-state index in [1.807, 2.05) is 26.0 Å². The third-order valence-electron chi connectivity index (χ3n) is 4.15. The van der Waals surface area contributed by atoms with Crippen molar-refractivity contribution < 1.29 is 27.5 Å². The normalized spacial score (nSPS) is 12.8. The standard InChI is InChI=1S/C22H22F3NO3/c1-14(2)18-6-4-5-7-19(18)26-21(28)15(3)29-20(27)13-10-16-8-11-17(12-9-16)22(23,24)25/h4-15H,1-3H3,(H,26,28)/b13-10+/t15-/m1/s1. The van der Waals surface area contributed by atoms with Gasteiger partial charge in [-0.1, -0.05) is 44.2 Å². The van der Waals surface area contributed by atoms with Gasteiger partial charge in [0.05, 0.1) is 5.56 Å². The molecule has 29 heavy (non-hydrogen) atoms. The number of carbonyl (C=O) groups excluding carboxylic acids is 2. The third-order valence-corrected chi connectivity index (χ3v) is 4.15. The van der Waals surface area contributed by atoms with E-state index in [0.717, 1.165) is 23.8 Å². The molecule has 0 radical (unpaired) electrons. The van der Waals surface area contributed by atoms with Crippen LogP contribution in [0.5, 0.6) is 0 Å². The summed E-state index contributed by atoms with van der Waals surface area (Å²) in [5.74, 6) is -1.05. The van der Waals surface area contributed by atoms with E-state index in [2.05, 4.69) is 5.32 Å². The van der Waals surface area contributed by atoms with Gasteiger partial charge in [-0.25, -0.2) is 4.79 Å². The first-order valence-electron chi connectivity index (χ1n) is 9.03. The van der Waals surface area contributed by atoms with Crippen molar-refractivity contribution in [3.05, 3.63) is 71.3 Å². The van der Waals surface area contributed by atoms with Crippen LogP contribution >= 0.6 is 0 Å². The van der Waals surface area contributed by atoms with Crippen molar-refractivity contribution in [2.24, 2.45) is 0 Å². The van der Waals surface area contributed by atoms with Crippen LogP contribution in [0.1, 0.15) is 43.4 Å². The maximum Gasteiger partial charge on any atom is 0.416 e. The molecule has 0 spiro atoms. The van der Waals surface area contributed by atoms with Crippen LogP contribution in [-0.2, 0) is 20.5 Å². The van der Waals surface area contributed by atoms with Crippen molar-refractivity contribution >= 4 is 23.6 Å². The van der Waals surface area contributed by atoms with Crippen LogP contribution in [0.3, 0.4) is 0 Å². The Morgan fingerprint density at radius 3 is 2.21 bits per heavy atom. The first-order chi connectivity index (χ1) is 13.6. The van der Waals surface area contributed by atoms with Crippen molar-refractivity contribution in [3.63, 3.8) is 0 Å². The Morgan fingerprint density at radius 2 is 1.62 bits per heavy atom. The van der Waals surface area contributed by atoms with Gasteiger partial charge in [-0.05, 0) is 48.2 Å². The van der Waals surface area contributed by atoms with Crippen LogP contribution in [-0.4, -0.2) is 18.0 Å². The number of ether oxygens (including phenoxy) is 1. The summed E-state index contributed by atoms with van der Waals surface area (Å²) < 4.78 is 42.7. The van der Waals surface area contributed by atoms with Gasteiger partial charge in [-0.2, -0.15) is 13.2 Å². The minimum atomic E-state index is -4.42. The minimum Gasteiger partial charge on any atom is -0.449 e. The van der Waals surface area contributed by atoms with Gasteiger partial charge in [-0.3, -0.25) is 4.79 Å². The highest BCUT2D eigenvalue weighted by Gasteiger charge is 2.29. The molecule has 154 valence electrons. The monoisotopic (exact) mass is 405 g/mol. The van der Waals surface area contributed by atoms with Gasteiger partial charge < -0.3 is 10.1 Å². The highest BCUT2D eigenvalue weighted by Crippen LogP contribution is 2.29. The van der Waals surface area contributed by atoms with E-state index in [9.17, 15) is 22.8 Å². The number of alkyl halides is 3. The second-order valence-electron chi connectivity index (χ2n) is 6.76. The predicted octanol–water partition coefficient (Wildman–Crippen LogP) is 5.41. The summed E-state index contributed by atoms with van der Waals surface area (Å²) in [5, 5.41) is 2.74. The number of anilines is 1. The summed E-state index contributed by atoms with van der Waals surface area (Å²) >= 11 is 0. The fourth-order valence-corrected chi connectivity index (χ4v) is 2.56. The fraction of sp³-hybridized carbons (Fsp3) is 0.273. The van der Waals surface area contributed by atoms with Gasteiger partial charge >= 0.3 is 12.1 Å². The van der Waals surface area contributed by atoms with Crippen molar-refractivity contribution in [2.75, 3.05) is 5.32 Å². The largest absolute Gasteiger partial charge is 0.449 e. The lowest BCUT2D eigenvalue weighted by Gasteiger charge is -2.16. The maximum atomic E-state index is 12.5.